The number of hydrogen-bond donors (Lipinski definition) is 0. The summed E-state index contributed by atoms with van der Waals surface area (Å²) in [6.07, 6.45) is 0. The number of fused-ring (bicyclic) bond motifs is 13. The van der Waals surface area contributed by atoms with Crippen LogP contribution in [0.5, 0.6) is 0 Å². The molecule has 0 atom stereocenters. The molecule has 16 rings (SSSR count). The number of hydrogen-bond acceptors (Lipinski definition) is 4. The van der Waals surface area contributed by atoms with E-state index < -0.39 is 0 Å². The van der Waals surface area contributed by atoms with E-state index >= 15 is 0 Å². The zero-order chi connectivity index (χ0) is 63.3. The molecule has 6 nitrogen and oxygen atoms in total. The number of benzene rings is 12. The Bertz CT molecular complexity index is 5220. The van der Waals surface area contributed by atoms with Gasteiger partial charge in [-0.15, -0.1) is 0 Å². The van der Waals surface area contributed by atoms with E-state index in [-0.39, 0.29) is 21.7 Å². The summed E-state index contributed by atoms with van der Waals surface area (Å²) < 4.78 is 18.8. The molecule has 452 valence electrons. The van der Waals surface area contributed by atoms with Crippen molar-refractivity contribution < 1.29 is 8.83 Å². The van der Waals surface area contributed by atoms with Crippen LogP contribution in [0.4, 0.5) is 34.1 Å². The van der Waals surface area contributed by atoms with Crippen molar-refractivity contribution in [2.24, 2.45) is 0 Å². The summed E-state index contributed by atoms with van der Waals surface area (Å²) >= 11 is 0. The first-order valence-corrected chi connectivity index (χ1v) is 32.5. The lowest BCUT2D eigenvalue weighted by molar-refractivity contribution is 0.567. The highest BCUT2D eigenvalue weighted by Gasteiger charge is 2.27. The second kappa shape index (κ2) is 20.6. The van der Waals surface area contributed by atoms with Crippen LogP contribution in [-0.4, -0.2) is 9.13 Å². The van der Waals surface area contributed by atoms with Gasteiger partial charge in [-0.3, -0.25) is 0 Å². The van der Waals surface area contributed by atoms with Crippen molar-refractivity contribution in [3.8, 4) is 11.4 Å². The van der Waals surface area contributed by atoms with Crippen LogP contribution in [-0.2, 0) is 21.7 Å². The number of aromatic nitrogens is 2. The van der Waals surface area contributed by atoms with E-state index in [9.17, 15) is 0 Å². The number of rotatable bonds is 8. The molecule has 4 heterocycles. The lowest BCUT2D eigenvalue weighted by Gasteiger charge is -2.27. The molecule has 12 aromatic carbocycles. The summed E-state index contributed by atoms with van der Waals surface area (Å²) in [5.41, 5.74) is 21.8. The van der Waals surface area contributed by atoms with Gasteiger partial charge in [0.15, 0.2) is 0 Å². The molecule has 16 aromatic rings. The van der Waals surface area contributed by atoms with Crippen LogP contribution in [0.25, 0.3) is 110 Å². The summed E-state index contributed by atoms with van der Waals surface area (Å²) in [5, 5.41) is 11.4. The molecule has 0 saturated carbocycles. The fourth-order valence-electron chi connectivity index (χ4n) is 14.1. The van der Waals surface area contributed by atoms with Gasteiger partial charge in [0.1, 0.15) is 22.3 Å². The Balaban J connectivity index is 0.787. The normalized spacial score (nSPS) is 12.8. The van der Waals surface area contributed by atoms with Gasteiger partial charge in [-0.1, -0.05) is 180 Å². The summed E-state index contributed by atoms with van der Waals surface area (Å²) in [4.78, 5) is 4.71. The highest BCUT2D eigenvalue weighted by Crippen LogP contribution is 2.47. The first-order valence-electron chi connectivity index (χ1n) is 32.5. The minimum atomic E-state index is -0.0337. The number of anilines is 6. The minimum absolute atomic E-state index is 0.0337. The Morgan fingerprint density at radius 1 is 0.239 bits per heavy atom. The van der Waals surface area contributed by atoms with Crippen molar-refractivity contribution in [1.29, 1.82) is 0 Å². The maximum Gasteiger partial charge on any atom is 0.137 e. The van der Waals surface area contributed by atoms with Crippen LogP contribution >= 0.6 is 0 Å². The Kier molecular flexibility index (Phi) is 12.7. The predicted octanol–water partition coefficient (Wildman–Crippen LogP) is 25.0. The van der Waals surface area contributed by atoms with Crippen molar-refractivity contribution in [1.82, 2.24) is 9.13 Å². The van der Waals surface area contributed by atoms with Crippen LogP contribution in [0.1, 0.15) is 105 Å². The average Bonchev–Trinajstić information content (AvgIpc) is 1.58. The van der Waals surface area contributed by atoms with Crippen molar-refractivity contribution in [2.75, 3.05) is 9.80 Å². The van der Waals surface area contributed by atoms with E-state index in [0.29, 0.717) is 0 Å². The molecular formula is C86H76N4O2. The summed E-state index contributed by atoms with van der Waals surface area (Å²) in [7, 11) is 0. The highest BCUT2D eigenvalue weighted by atomic mass is 16.3. The zero-order valence-corrected chi connectivity index (χ0v) is 54.7. The van der Waals surface area contributed by atoms with Crippen LogP contribution in [0, 0.1) is 0 Å². The van der Waals surface area contributed by atoms with Gasteiger partial charge in [-0.2, -0.15) is 0 Å². The molecule has 0 unspecified atom stereocenters. The summed E-state index contributed by atoms with van der Waals surface area (Å²) in [5.74, 6) is 0. The second-order valence-corrected chi connectivity index (χ2v) is 29.6. The number of para-hydroxylation sites is 4. The molecule has 0 amide bonds. The van der Waals surface area contributed by atoms with Gasteiger partial charge in [-0.25, -0.2) is 0 Å². The Labute approximate surface area is 538 Å². The molecule has 0 aliphatic carbocycles. The maximum atomic E-state index is 6.93. The highest BCUT2D eigenvalue weighted by molar-refractivity contribution is 6.17. The Morgan fingerprint density at radius 3 is 0.913 bits per heavy atom. The third-order valence-electron chi connectivity index (χ3n) is 19.2. The van der Waals surface area contributed by atoms with Gasteiger partial charge in [0.05, 0.1) is 22.1 Å². The fraction of sp³-hybridized carbons (Fsp3) is 0.186. The molecule has 0 radical (unpaired) electrons. The summed E-state index contributed by atoms with van der Waals surface area (Å²) in [6, 6.07) is 89.6. The van der Waals surface area contributed by atoms with Crippen LogP contribution in [0.2, 0.25) is 0 Å². The van der Waals surface area contributed by atoms with Gasteiger partial charge in [-0.05, 0) is 188 Å². The molecule has 6 heteroatoms. The maximum absolute atomic E-state index is 6.93. The van der Waals surface area contributed by atoms with Gasteiger partial charge in [0, 0.05) is 101 Å². The quantitative estimate of drug-likeness (QED) is 0.152. The van der Waals surface area contributed by atoms with Crippen molar-refractivity contribution in [2.45, 2.75) is 105 Å². The van der Waals surface area contributed by atoms with E-state index in [0.717, 1.165) is 99.8 Å². The van der Waals surface area contributed by atoms with Crippen LogP contribution in [0.3, 0.4) is 0 Å². The lowest BCUT2D eigenvalue weighted by Crippen LogP contribution is -2.17. The average molecular weight is 1200 g/mol. The Morgan fingerprint density at radius 2 is 0.543 bits per heavy atom. The van der Waals surface area contributed by atoms with Crippen molar-refractivity contribution in [3.05, 3.63) is 265 Å². The first kappa shape index (κ1) is 56.9. The van der Waals surface area contributed by atoms with Crippen LogP contribution < -0.4 is 9.80 Å². The first-order chi connectivity index (χ1) is 44.1. The van der Waals surface area contributed by atoms with Gasteiger partial charge in [0.25, 0.3) is 0 Å². The van der Waals surface area contributed by atoms with Gasteiger partial charge < -0.3 is 27.8 Å². The van der Waals surface area contributed by atoms with E-state index in [4.69, 9.17) is 8.83 Å². The van der Waals surface area contributed by atoms with E-state index in [1.165, 1.54) is 66.2 Å². The standard InChI is InChI=1S/C86H76N4O2/c1-83(2,3)55-43-56(84(4,5)6)46-65(45-55)89-75-29-21-19-27-67(75)69-35-31-61(49-77(69)89)87(59-23-15-13-16-24-59)63-33-37-71-73-39-53-40-74-72-38-34-64(52-82(72)92-80(74)42-54(53)41-79(73)91-81(71)51-63)88(60-25-17-14-18-26-60)62-32-36-70-68-28-20-22-30-76(68)90(78(70)50-62)66-47-57(85(7,8)9)44-58(48-66)86(10,11)12/h13-52H,1-12H3. The molecule has 0 saturated heterocycles. The third-order valence-corrected chi connectivity index (χ3v) is 19.2. The van der Waals surface area contributed by atoms with Gasteiger partial charge in [0.2, 0.25) is 0 Å². The molecule has 0 fully saturated rings. The largest absolute Gasteiger partial charge is 0.456 e. The molecule has 0 aliphatic rings. The molecule has 92 heavy (non-hydrogen) atoms. The second-order valence-electron chi connectivity index (χ2n) is 29.6. The predicted molar refractivity (Wildman–Crippen MR) is 391 cm³/mol. The molecule has 0 aliphatic heterocycles. The SMILES string of the molecule is CC(C)(C)c1cc(-n2c3ccccc3c3ccc(N(c4ccccc4)c4ccc5c(c4)oc4cc6cc7oc8cc(N(c9ccccc9)c9ccc%10c%11ccccc%11n(-c%11cc(C(C)(C)C)cc(C(C)(C)C)c%11)c%10c9)ccc8c7cc6cc45)cc32)cc(C(C)(C)C)c1. The summed E-state index contributed by atoms with van der Waals surface area (Å²) in [6.45, 7) is 27.8. The fourth-order valence-corrected chi connectivity index (χ4v) is 14.1. The third kappa shape index (κ3) is 9.52. The molecular weight excluding hydrogens is 1120 g/mol. The van der Waals surface area contributed by atoms with Gasteiger partial charge >= 0.3 is 0 Å². The van der Waals surface area contributed by atoms with Crippen LogP contribution in [0.15, 0.2) is 251 Å². The lowest BCUT2D eigenvalue weighted by atomic mass is 9.80. The number of nitrogens with zero attached hydrogens (tertiary/aromatic N) is 4. The zero-order valence-electron chi connectivity index (χ0n) is 54.7. The van der Waals surface area contributed by atoms with E-state index in [1.807, 2.05) is 0 Å². The van der Waals surface area contributed by atoms with Crippen molar-refractivity contribution in [3.63, 3.8) is 0 Å². The molecule has 0 spiro atoms. The van der Waals surface area contributed by atoms with E-state index in [2.05, 4.69) is 345 Å². The molecule has 0 bridgehead atoms. The molecule has 4 aromatic heterocycles. The Hall–Kier alpha value is -10.3. The van der Waals surface area contributed by atoms with Crippen molar-refractivity contribution >= 4 is 132 Å². The topological polar surface area (TPSA) is 42.6 Å². The number of furan rings is 2. The smallest absolute Gasteiger partial charge is 0.137 e. The minimum Gasteiger partial charge on any atom is -0.456 e. The van der Waals surface area contributed by atoms with E-state index in [1.54, 1.807) is 0 Å². The molecule has 0 N–H and O–H groups in total. The monoisotopic (exact) mass is 1200 g/mol.